The fourth-order valence-electron chi connectivity index (χ4n) is 2.78. The smallest absolute Gasteiger partial charge is 0.410 e. The van der Waals surface area contributed by atoms with Gasteiger partial charge in [-0.25, -0.2) is 4.79 Å². The summed E-state index contributed by atoms with van der Waals surface area (Å²) in [5, 5.41) is 3.16. The molecule has 0 aromatic heterocycles. The van der Waals surface area contributed by atoms with Gasteiger partial charge in [0.1, 0.15) is 5.60 Å². The van der Waals surface area contributed by atoms with Crippen LogP contribution in [0.1, 0.15) is 46.5 Å². The van der Waals surface area contributed by atoms with Crippen molar-refractivity contribution in [1.29, 1.82) is 0 Å². The Morgan fingerprint density at radius 3 is 1.72 bits per heavy atom. The molecule has 2 rings (SSSR count). The Morgan fingerprint density at radius 2 is 1.36 bits per heavy atom. The van der Waals surface area contributed by atoms with Gasteiger partial charge in [0.15, 0.2) is 0 Å². The van der Waals surface area contributed by atoms with E-state index in [1.807, 2.05) is 20.8 Å². The monoisotopic (exact) mass is 356 g/mol. The summed E-state index contributed by atoms with van der Waals surface area (Å²) in [5.74, 6) is -0.384. The Morgan fingerprint density at radius 1 is 0.920 bits per heavy atom. The zero-order valence-electron chi connectivity index (χ0n) is 15.5. The van der Waals surface area contributed by atoms with E-state index in [1.165, 1.54) is 0 Å². The fraction of sp³-hybridized carbons (Fsp3) is 0.824. The van der Waals surface area contributed by atoms with Gasteiger partial charge in [-0.1, -0.05) is 0 Å². The minimum atomic E-state index is -0.475. The van der Waals surface area contributed by atoms with Crippen molar-refractivity contribution in [2.45, 2.75) is 52.1 Å². The maximum absolute atomic E-state index is 11.7. The van der Waals surface area contributed by atoms with Crippen LogP contribution in [-0.2, 0) is 14.3 Å². The summed E-state index contributed by atoms with van der Waals surface area (Å²) < 4.78 is 5.24. The van der Waals surface area contributed by atoms with E-state index >= 15 is 0 Å². The number of amides is 3. The minimum Gasteiger partial charge on any atom is -0.444 e. The average molecular weight is 356 g/mol. The SMILES string of the molecule is CC(C)(C)OC(=O)N1CCC(C(N)=O)CC1.NC(=O)C1CCNCC1. The highest BCUT2D eigenvalue weighted by Crippen LogP contribution is 2.19. The third-order valence-corrected chi connectivity index (χ3v) is 4.29. The first-order chi connectivity index (χ1) is 11.6. The lowest BCUT2D eigenvalue weighted by molar-refractivity contribution is -0.123. The second-order valence-electron chi connectivity index (χ2n) is 7.57. The van der Waals surface area contributed by atoms with Crippen LogP contribution in [0.5, 0.6) is 0 Å². The van der Waals surface area contributed by atoms with Crippen LogP contribution in [0.2, 0.25) is 0 Å². The van der Waals surface area contributed by atoms with E-state index in [2.05, 4.69) is 5.32 Å². The van der Waals surface area contributed by atoms with E-state index in [9.17, 15) is 14.4 Å². The molecule has 0 saturated carbocycles. The Bertz CT molecular complexity index is 462. The second kappa shape index (κ2) is 9.60. The van der Waals surface area contributed by atoms with E-state index in [1.54, 1.807) is 4.90 Å². The van der Waals surface area contributed by atoms with Crippen LogP contribution < -0.4 is 16.8 Å². The molecule has 0 atom stereocenters. The maximum Gasteiger partial charge on any atom is 0.410 e. The number of carbonyl (C=O) groups is 3. The Hall–Kier alpha value is -1.83. The van der Waals surface area contributed by atoms with Crippen LogP contribution >= 0.6 is 0 Å². The molecule has 144 valence electrons. The van der Waals surface area contributed by atoms with Gasteiger partial charge in [-0.15, -0.1) is 0 Å². The maximum atomic E-state index is 11.7. The summed E-state index contributed by atoms with van der Waals surface area (Å²) in [5.41, 5.74) is 9.84. The number of hydrogen-bond acceptors (Lipinski definition) is 5. The summed E-state index contributed by atoms with van der Waals surface area (Å²) in [6, 6.07) is 0. The number of piperidine rings is 2. The first-order valence-electron chi connectivity index (χ1n) is 8.87. The first-order valence-corrected chi connectivity index (χ1v) is 8.87. The highest BCUT2D eigenvalue weighted by atomic mass is 16.6. The molecule has 2 fully saturated rings. The number of nitrogens with one attached hydrogen (secondary N) is 1. The molecule has 2 saturated heterocycles. The van der Waals surface area contributed by atoms with Crippen molar-refractivity contribution in [3.05, 3.63) is 0 Å². The lowest BCUT2D eigenvalue weighted by atomic mass is 9.97. The number of nitrogens with two attached hydrogens (primary N) is 2. The van der Waals surface area contributed by atoms with Crippen molar-refractivity contribution in [3.63, 3.8) is 0 Å². The van der Waals surface area contributed by atoms with Gasteiger partial charge < -0.3 is 26.4 Å². The van der Waals surface area contributed by atoms with Crippen molar-refractivity contribution in [2.24, 2.45) is 23.3 Å². The van der Waals surface area contributed by atoms with Crippen LogP contribution in [0.4, 0.5) is 4.79 Å². The zero-order chi connectivity index (χ0) is 19.0. The van der Waals surface area contributed by atoms with Gasteiger partial charge in [0.2, 0.25) is 11.8 Å². The van der Waals surface area contributed by atoms with Crippen molar-refractivity contribution in [1.82, 2.24) is 10.2 Å². The Balaban J connectivity index is 0.000000293. The summed E-state index contributed by atoms with van der Waals surface area (Å²) in [6.45, 7) is 8.47. The summed E-state index contributed by atoms with van der Waals surface area (Å²) in [4.78, 5) is 34.8. The van der Waals surface area contributed by atoms with Gasteiger partial charge in [0, 0.05) is 24.9 Å². The molecule has 3 amide bonds. The number of hydrogen-bond donors (Lipinski definition) is 3. The molecule has 5 N–H and O–H groups in total. The summed E-state index contributed by atoms with van der Waals surface area (Å²) in [6.07, 6.45) is 2.78. The van der Waals surface area contributed by atoms with E-state index in [0.29, 0.717) is 25.9 Å². The molecule has 8 heteroatoms. The van der Waals surface area contributed by atoms with Gasteiger partial charge in [-0.05, 0) is 59.5 Å². The molecule has 0 bridgehead atoms. The lowest BCUT2D eigenvalue weighted by Gasteiger charge is -2.32. The number of carbonyl (C=O) groups excluding carboxylic acids is 3. The van der Waals surface area contributed by atoms with E-state index in [-0.39, 0.29) is 29.7 Å². The van der Waals surface area contributed by atoms with Gasteiger partial charge in [0.25, 0.3) is 0 Å². The van der Waals surface area contributed by atoms with Crippen LogP contribution in [-0.4, -0.2) is 54.6 Å². The van der Waals surface area contributed by atoms with Gasteiger partial charge in [0.05, 0.1) is 0 Å². The number of rotatable bonds is 2. The number of nitrogens with zero attached hydrogens (tertiary/aromatic N) is 1. The highest BCUT2D eigenvalue weighted by Gasteiger charge is 2.28. The number of primary amides is 2. The standard InChI is InChI=1S/C11H20N2O3.C6H12N2O/c1-11(2,3)16-10(15)13-6-4-8(5-7-13)9(12)14;7-6(9)5-1-3-8-4-2-5/h8H,4-7H2,1-3H3,(H2,12,14);5,8H,1-4H2,(H2,7,9). The topological polar surface area (TPSA) is 128 Å². The van der Waals surface area contributed by atoms with Gasteiger partial charge >= 0.3 is 6.09 Å². The third-order valence-electron chi connectivity index (χ3n) is 4.29. The lowest BCUT2D eigenvalue weighted by Crippen LogP contribution is -2.43. The molecular weight excluding hydrogens is 324 g/mol. The Kier molecular flexibility index (Phi) is 8.15. The normalized spacial score (nSPS) is 19.6. The quantitative estimate of drug-likeness (QED) is 0.667. The van der Waals surface area contributed by atoms with Crippen molar-refractivity contribution < 1.29 is 19.1 Å². The van der Waals surface area contributed by atoms with Crippen LogP contribution in [0.25, 0.3) is 0 Å². The minimum absolute atomic E-state index is 0.0984. The van der Waals surface area contributed by atoms with Gasteiger partial charge in [-0.3, -0.25) is 9.59 Å². The fourth-order valence-corrected chi connectivity index (χ4v) is 2.78. The molecule has 8 nitrogen and oxygen atoms in total. The molecule has 0 aromatic rings. The molecule has 0 spiro atoms. The third kappa shape index (κ3) is 8.20. The molecule has 2 aliphatic heterocycles. The number of likely N-dealkylation sites (tertiary alicyclic amines) is 1. The van der Waals surface area contributed by atoms with E-state index in [0.717, 1.165) is 25.9 Å². The number of ether oxygens (including phenoxy) is 1. The summed E-state index contributed by atoms with van der Waals surface area (Å²) in [7, 11) is 0. The van der Waals surface area contributed by atoms with Crippen LogP contribution in [0, 0.1) is 11.8 Å². The average Bonchev–Trinajstić information content (AvgIpc) is 2.55. The largest absolute Gasteiger partial charge is 0.444 e. The first kappa shape index (κ1) is 21.2. The Labute approximate surface area is 149 Å². The molecule has 0 radical (unpaired) electrons. The molecule has 0 aliphatic carbocycles. The molecular formula is C17H32N4O4. The van der Waals surface area contributed by atoms with Crippen molar-refractivity contribution >= 4 is 17.9 Å². The van der Waals surface area contributed by atoms with E-state index in [4.69, 9.17) is 16.2 Å². The predicted molar refractivity (Wildman–Crippen MR) is 94.5 cm³/mol. The highest BCUT2D eigenvalue weighted by molar-refractivity contribution is 5.77. The van der Waals surface area contributed by atoms with Crippen molar-refractivity contribution in [2.75, 3.05) is 26.2 Å². The molecule has 2 aliphatic rings. The van der Waals surface area contributed by atoms with Crippen LogP contribution in [0.15, 0.2) is 0 Å². The molecule has 2 heterocycles. The predicted octanol–water partition coefficient (Wildman–Crippen LogP) is 0.590. The molecule has 0 aromatic carbocycles. The molecule has 25 heavy (non-hydrogen) atoms. The van der Waals surface area contributed by atoms with Crippen molar-refractivity contribution in [3.8, 4) is 0 Å². The second-order valence-corrected chi connectivity index (χ2v) is 7.57. The zero-order valence-corrected chi connectivity index (χ0v) is 15.5. The van der Waals surface area contributed by atoms with Gasteiger partial charge in [-0.2, -0.15) is 0 Å². The van der Waals surface area contributed by atoms with E-state index < -0.39 is 5.60 Å². The van der Waals surface area contributed by atoms with Crippen LogP contribution in [0.3, 0.4) is 0 Å². The summed E-state index contributed by atoms with van der Waals surface area (Å²) >= 11 is 0. The molecule has 0 unspecified atom stereocenters.